The lowest BCUT2D eigenvalue weighted by Crippen LogP contribution is -2.28. The van der Waals surface area contributed by atoms with E-state index in [-0.39, 0.29) is 17.2 Å². The first-order chi connectivity index (χ1) is 16.4. The zero-order valence-corrected chi connectivity index (χ0v) is 19.5. The largest absolute Gasteiger partial charge is 0.479 e. The number of nitrogens with zero attached hydrogens (tertiary/aromatic N) is 1. The zero-order chi connectivity index (χ0) is 24.2. The van der Waals surface area contributed by atoms with Gasteiger partial charge in [-0.25, -0.2) is 4.79 Å². The minimum atomic E-state index is -0.824. The molecule has 7 heteroatoms. The van der Waals surface area contributed by atoms with Gasteiger partial charge in [-0.1, -0.05) is 54.9 Å². The number of rotatable bonds is 6. The summed E-state index contributed by atoms with van der Waals surface area (Å²) in [6, 6.07) is 21.9. The van der Waals surface area contributed by atoms with Crippen LogP contribution in [-0.4, -0.2) is 12.1 Å². The molecule has 3 aromatic carbocycles. The quantitative estimate of drug-likeness (QED) is 0.374. The smallest absolute Gasteiger partial charge is 0.352 e. The third-order valence-corrected chi connectivity index (χ3v) is 5.95. The molecule has 1 aliphatic heterocycles. The minimum Gasteiger partial charge on any atom is -0.479 e. The molecule has 0 saturated carbocycles. The Morgan fingerprint density at radius 3 is 2.50 bits per heavy atom. The van der Waals surface area contributed by atoms with Gasteiger partial charge in [0.05, 0.1) is 5.92 Å². The van der Waals surface area contributed by atoms with E-state index in [2.05, 4.69) is 13.0 Å². The van der Waals surface area contributed by atoms with Crippen LogP contribution in [0.1, 0.15) is 36.5 Å². The van der Waals surface area contributed by atoms with E-state index in [1.165, 1.54) is 5.56 Å². The number of carbonyl (C=O) groups excluding carboxylic acids is 1. The van der Waals surface area contributed by atoms with E-state index in [1.807, 2.05) is 42.5 Å². The highest BCUT2D eigenvalue weighted by Gasteiger charge is 2.32. The highest BCUT2D eigenvalue weighted by molar-refractivity contribution is 6.31. The van der Waals surface area contributed by atoms with Crippen molar-refractivity contribution in [3.8, 4) is 23.3 Å². The Balaban J connectivity index is 1.55. The molecule has 4 rings (SSSR count). The number of nitriles is 1. The van der Waals surface area contributed by atoms with Crippen molar-refractivity contribution in [1.82, 2.24) is 0 Å². The summed E-state index contributed by atoms with van der Waals surface area (Å²) in [6.45, 7) is 3.69. The van der Waals surface area contributed by atoms with E-state index in [1.54, 1.807) is 31.2 Å². The fourth-order valence-electron chi connectivity index (χ4n) is 3.78. The van der Waals surface area contributed by atoms with Gasteiger partial charge < -0.3 is 19.9 Å². The van der Waals surface area contributed by atoms with Gasteiger partial charge in [0.1, 0.15) is 28.9 Å². The highest BCUT2D eigenvalue weighted by atomic mass is 35.5. The van der Waals surface area contributed by atoms with Crippen LogP contribution >= 0.6 is 11.6 Å². The van der Waals surface area contributed by atoms with Crippen LogP contribution in [0.5, 0.6) is 17.2 Å². The van der Waals surface area contributed by atoms with Gasteiger partial charge in [-0.2, -0.15) is 5.26 Å². The maximum Gasteiger partial charge on any atom is 0.352 e. The Kier molecular flexibility index (Phi) is 6.76. The molecule has 2 atom stereocenters. The summed E-state index contributed by atoms with van der Waals surface area (Å²) in [6.07, 6.45) is 0.0981. The van der Waals surface area contributed by atoms with Crippen molar-refractivity contribution in [2.24, 2.45) is 5.73 Å². The molecule has 0 spiro atoms. The number of esters is 1. The number of aryl methyl sites for hydroxylation is 1. The summed E-state index contributed by atoms with van der Waals surface area (Å²) >= 11 is 6.42. The van der Waals surface area contributed by atoms with Gasteiger partial charge in [-0.05, 0) is 48.7 Å². The van der Waals surface area contributed by atoms with Gasteiger partial charge in [0, 0.05) is 16.7 Å². The Labute approximate surface area is 203 Å². The second-order valence-electron chi connectivity index (χ2n) is 7.82. The minimum absolute atomic E-state index is 0.0179. The monoisotopic (exact) mass is 474 g/mol. The van der Waals surface area contributed by atoms with Gasteiger partial charge in [0.15, 0.2) is 6.10 Å². The first-order valence-electron chi connectivity index (χ1n) is 10.8. The van der Waals surface area contributed by atoms with Crippen LogP contribution in [0.25, 0.3) is 0 Å². The molecule has 3 aromatic rings. The Hall–Kier alpha value is -3.95. The number of carbonyl (C=O) groups is 1. The van der Waals surface area contributed by atoms with Crippen LogP contribution < -0.4 is 19.9 Å². The molecule has 0 aromatic heterocycles. The molecule has 0 fully saturated rings. The number of hydrogen-bond donors (Lipinski definition) is 1. The van der Waals surface area contributed by atoms with Crippen molar-refractivity contribution >= 4 is 17.6 Å². The SMILES string of the molecule is CCc1ccc(OC(C)C(=O)Oc2ccc3c(c2)OC(N)=C(C#N)C3c2ccccc2Cl)cc1. The topological polar surface area (TPSA) is 94.6 Å². The fraction of sp³-hybridized carbons (Fsp3) is 0.185. The van der Waals surface area contributed by atoms with Crippen LogP contribution in [0, 0.1) is 11.3 Å². The van der Waals surface area contributed by atoms with Crippen molar-refractivity contribution < 1.29 is 19.0 Å². The molecule has 2 unspecified atom stereocenters. The Morgan fingerprint density at radius 2 is 1.82 bits per heavy atom. The number of nitrogens with two attached hydrogens (primary N) is 1. The van der Waals surface area contributed by atoms with Crippen molar-refractivity contribution in [2.45, 2.75) is 32.3 Å². The van der Waals surface area contributed by atoms with Gasteiger partial charge in [0.25, 0.3) is 0 Å². The summed E-state index contributed by atoms with van der Waals surface area (Å²) in [5, 5.41) is 10.2. The van der Waals surface area contributed by atoms with Crippen LogP contribution in [0.4, 0.5) is 0 Å². The van der Waals surface area contributed by atoms with E-state index in [0.29, 0.717) is 22.1 Å². The molecule has 2 N–H and O–H groups in total. The molecule has 34 heavy (non-hydrogen) atoms. The molecule has 1 aliphatic rings. The number of ether oxygens (including phenoxy) is 3. The van der Waals surface area contributed by atoms with E-state index in [0.717, 1.165) is 12.0 Å². The third-order valence-electron chi connectivity index (χ3n) is 5.60. The molecular weight excluding hydrogens is 452 g/mol. The molecule has 0 bridgehead atoms. The van der Waals surface area contributed by atoms with Crippen LogP contribution in [0.3, 0.4) is 0 Å². The maximum absolute atomic E-state index is 12.6. The standard InChI is InChI=1S/C27H23ClN2O4/c1-3-17-8-10-18(11-9-17)32-16(2)27(31)33-19-12-13-21-24(14-19)34-26(30)22(15-29)25(21)20-6-4-5-7-23(20)28/h4-14,16,25H,3,30H2,1-2H3. The van der Waals surface area contributed by atoms with Gasteiger partial charge >= 0.3 is 5.97 Å². The summed E-state index contributed by atoms with van der Waals surface area (Å²) in [4.78, 5) is 12.6. The molecule has 172 valence electrons. The first-order valence-corrected chi connectivity index (χ1v) is 11.2. The Bertz CT molecular complexity index is 1290. The predicted octanol–water partition coefficient (Wildman–Crippen LogP) is 5.49. The van der Waals surface area contributed by atoms with E-state index >= 15 is 0 Å². The lowest BCUT2D eigenvalue weighted by Gasteiger charge is -2.27. The van der Waals surface area contributed by atoms with Gasteiger partial charge in [0.2, 0.25) is 5.88 Å². The second kappa shape index (κ2) is 9.90. The van der Waals surface area contributed by atoms with E-state index < -0.39 is 18.0 Å². The third kappa shape index (κ3) is 4.70. The van der Waals surface area contributed by atoms with Crippen LogP contribution in [0.2, 0.25) is 5.02 Å². The maximum atomic E-state index is 12.6. The van der Waals surface area contributed by atoms with Gasteiger partial charge in [-0.15, -0.1) is 0 Å². The molecular formula is C27H23ClN2O4. The Morgan fingerprint density at radius 1 is 1.12 bits per heavy atom. The molecule has 1 heterocycles. The number of benzene rings is 3. The normalized spacial score (nSPS) is 15.5. The van der Waals surface area contributed by atoms with Crippen LogP contribution in [0.15, 0.2) is 78.2 Å². The zero-order valence-electron chi connectivity index (χ0n) is 18.7. The molecule has 0 radical (unpaired) electrons. The van der Waals surface area contributed by atoms with E-state index in [4.69, 9.17) is 31.5 Å². The summed E-state index contributed by atoms with van der Waals surface area (Å²) in [7, 11) is 0. The van der Waals surface area contributed by atoms with Crippen LogP contribution in [-0.2, 0) is 11.2 Å². The molecule has 0 aliphatic carbocycles. The lowest BCUT2D eigenvalue weighted by atomic mass is 9.83. The number of allylic oxidation sites excluding steroid dienone is 1. The average Bonchev–Trinajstić information content (AvgIpc) is 2.84. The van der Waals surface area contributed by atoms with Crippen molar-refractivity contribution in [2.75, 3.05) is 0 Å². The number of halogens is 1. The van der Waals surface area contributed by atoms with Crippen molar-refractivity contribution in [3.05, 3.63) is 99.9 Å². The average molecular weight is 475 g/mol. The highest BCUT2D eigenvalue weighted by Crippen LogP contribution is 2.45. The van der Waals surface area contributed by atoms with Gasteiger partial charge in [-0.3, -0.25) is 0 Å². The summed E-state index contributed by atoms with van der Waals surface area (Å²) in [5.41, 5.74) is 8.92. The van der Waals surface area contributed by atoms with E-state index in [9.17, 15) is 10.1 Å². The second-order valence-corrected chi connectivity index (χ2v) is 8.23. The first kappa shape index (κ1) is 23.2. The molecule has 0 amide bonds. The predicted molar refractivity (Wildman–Crippen MR) is 129 cm³/mol. The fourth-order valence-corrected chi connectivity index (χ4v) is 4.03. The number of fused-ring (bicyclic) bond motifs is 1. The van der Waals surface area contributed by atoms with Crippen molar-refractivity contribution in [1.29, 1.82) is 5.26 Å². The van der Waals surface area contributed by atoms with Crippen molar-refractivity contribution in [3.63, 3.8) is 0 Å². The lowest BCUT2D eigenvalue weighted by molar-refractivity contribution is -0.141. The summed E-state index contributed by atoms with van der Waals surface area (Å²) < 4.78 is 16.9. The number of hydrogen-bond acceptors (Lipinski definition) is 6. The molecule has 6 nitrogen and oxygen atoms in total. The molecule has 0 saturated heterocycles. The summed E-state index contributed by atoms with van der Waals surface area (Å²) in [5.74, 6) is 0.164.